The van der Waals surface area contributed by atoms with Crippen molar-refractivity contribution in [2.24, 2.45) is 5.14 Å². The second-order valence-corrected chi connectivity index (χ2v) is 6.82. The Bertz CT molecular complexity index is 789. The summed E-state index contributed by atoms with van der Waals surface area (Å²) >= 11 is 5.92. The first-order valence-corrected chi connectivity index (χ1v) is 8.39. The molecule has 2 aromatic carbocycles. The van der Waals surface area contributed by atoms with Crippen LogP contribution in [0.1, 0.15) is 28.9 Å². The van der Waals surface area contributed by atoms with Crippen molar-refractivity contribution in [2.45, 2.75) is 17.9 Å². The van der Waals surface area contributed by atoms with Gasteiger partial charge in [0.2, 0.25) is 10.0 Å². The third kappa shape index (κ3) is 4.07. The highest BCUT2D eigenvalue weighted by atomic mass is 35.5. The molecule has 3 N–H and O–H groups in total. The molecule has 0 heterocycles. The van der Waals surface area contributed by atoms with E-state index in [2.05, 4.69) is 5.32 Å². The fraction of sp³-hybridized carbons (Fsp3) is 0.133. The first-order chi connectivity index (χ1) is 10.3. The van der Waals surface area contributed by atoms with Crippen LogP contribution in [0.5, 0.6) is 0 Å². The van der Waals surface area contributed by atoms with Gasteiger partial charge in [0, 0.05) is 10.6 Å². The van der Waals surface area contributed by atoms with Crippen molar-refractivity contribution < 1.29 is 13.2 Å². The summed E-state index contributed by atoms with van der Waals surface area (Å²) in [6.07, 6.45) is 0. The average Bonchev–Trinajstić information content (AvgIpc) is 2.46. The quantitative estimate of drug-likeness (QED) is 0.897. The Morgan fingerprint density at radius 3 is 2.36 bits per heavy atom. The summed E-state index contributed by atoms with van der Waals surface area (Å²) in [6, 6.07) is 12.4. The number of halogens is 1. The zero-order valence-electron chi connectivity index (χ0n) is 11.8. The SMILES string of the molecule is C[C@@H](NC(=O)c1ccc(S(N)(=O)=O)cc1)c1cccc(Cl)c1. The van der Waals surface area contributed by atoms with E-state index in [1.165, 1.54) is 24.3 Å². The highest BCUT2D eigenvalue weighted by Gasteiger charge is 2.13. The zero-order valence-corrected chi connectivity index (χ0v) is 13.4. The number of carbonyl (C=O) groups excluding carboxylic acids is 1. The highest BCUT2D eigenvalue weighted by Crippen LogP contribution is 2.18. The molecule has 0 bridgehead atoms. The van der Waals surface area contributed by atoms with Gasteiger partial charge in [0.1, 0.15) is 0 Å². The van der Waals surface area contributed by atoms with E-state index in [0.29, 0.717) is 10.6 Å². The van der Waals surface area contributed by atoms with Gasteiger partial charge in [-0.2, -0.15) is 0 Å². The molecule has 0 aliphatic rings. The first kappa shape index (κ1) is 16.5. The van der Waals surface area contributed by atoms with Crippen LogP contribution in [-0.4, -0.2) is 14.3 Å². The van der Waals surface area contributed by atoms with Crippen LogP contribution < -0.4 is 10.5 Å². The maximum absolute atomic E-state index is 12.1. The monoisotopic (exact) mass is 338 g/mol. The smallest absolute Gasteiger partial charge is 0.251 e. The van der Waals surface area contributed by atoms with Gasteiger partial charge in [-0.3, -0.25) is 4.79 Å². The van der Waals surface area contributed by atoms with Crippen LogP contribution in [-0.2, 0) is 10.0 Å². The minimum Gasteiger partial charge on any atom is -0.346 e. The molecule has 116 valence electrons. The topological polar surface area (TPSA) is 89.3 Å². The molecule has 0 aliphatic carbocycles. The van der Waals surface area contributed by atoms with Crippen molar-refractivity contribution in [1.29, 1.82) is 0 Å². The van der Waals surface area contributed by atoms with Gasteiger partial charge in [-0.1, -0.05) is 23.7 Å². The number of carbonyl (C=O) groups is 1. The minimum absolute atomic E-state index is 0.0352. The number of hydrogen-bond donors (Lipinski definition) is 2. The van der Waals surface area contributed by atoms with E-state index in [9.17, 15) is 13.2 Å². The second kappa shape index (κ2) is 6.48. The molecule has 0 aliphatic heterocycles. The lowest BCUT2D eigenvalue weighted by molar-refractivity contribution is 0.0940. The summed E-state index contributed by atoms with van der Waals surface area (Å²) in [5.74, 6) is -0.312. The van der Waals surface area contributed by atoms with Crippen molar-refractivity contribution in [3.63, 3.8) is 0 Å². The number of benzene rings is 2. The average molecular weight is 339 g/mol. The zero-order chi connectivity index (χ0) is 16.3. The first-order valence-electron chi connectivity index (χ1n) is 6.46. The van der Waals surface area contributed by atoms with Gasteiger partial charge in [0.15, 0.2) is 0 Å². The molecule has 2 rings (SSSR count). The number of nitrogens with one attached hydrogen (secondary N) is 1. The predicted molar refractivity (Wildman–Crippen MR) is 85.1 cm³/mol. The largest absolute Gasteiger partial charge is 0.346 e. The molecule has 22 heavy (non-hydrogen) atoms. The lowest BCUT2D eigenvalue weighted by Gasteiger charge is -2.14. The Balaban J connectivity index is 2.12. The summed E-state index contributed by atoms with van der Waals surface area (Å²) < 4.78 is 22.3. The molecule has 0 radical (unpaired) electrons. The fourth-order valence-electron chi connectivity index (χ4n) is 1.94. The molecule has 0 saturated heterocycles. The molecule has 1 amide bonds. The third-order valence-corrected chi connectivity index (χ3v) is 4.31. The summed E-state index contributed by atoms with van der Waals surface area (Å²) in [7, 11) is -3.76. The van der Waals surface area contributed by atoms with E-state index in [-0.39, 0.29) is 16.8 Å². The van der Waals surface area contributed by atoms with E-state index in [4.69, 9.17) is 16.7 Å². The number of hydrogen-bond acceptors (Lipinski definition) is 3. The van der Waals surface area contributed by atoms with Crippen molar-refractivity contribution >= 4 is 27.5 Å². The molecular weight excluding hydrogens is 324 g/mol. The maximum atomic E-state index is 12.1. The molecule has 0 saturated carbocycles. The molecule has 2 aromatic rings. The summed E-state index contributed by atoms with van der Waals surface area (Å²) in [5.41, 5.74) is 1.23. The van der Waals surface area contributed by atoms with Crippen LogP contribution in [0.25, 0.3) is 0 Å². The molecule has 7 heteroatoms. The minimum atomic E-state index is -3.76. The number of primary sulfonamides is 1. The van der Waals surface area contributed by atoms with E-state index in [1.54, 1.807) is 18.2 Å². The highest BCUT2D eigenvalue weighted by molar-refractivity contribution is 7.89. The van der Waals surface area contributed by atoms with E-state index in [0.717, 1.165) is 5.56 Å². The van der Waals surface area contributed by atoms with Crippen LogP contribution in [0, 0.1) is 0 Å². The fourth-order valence-corrected chi connectivity index (χ4v) is 2.65. The van der Waals surface area contributed by atoms with E-state index < -0.39 is 10.0 Å². The van der Waals surface area contributed by atoms with Gasteiger partial charge >= 0.3 is 0 Å². The van der Waals surface area contributed by atoms with Crippen molar-refractivity contribution in [3.05, 3.63) is 64.7 Å². The second-order valence-electron chi connectivity index (χ2n) is 4.82. The predicted octanol–water partition coefficient (Wildman–Crippen LogP) is 2.48. The van der Waals surface area contributed by atoms with Crippen LogP contribution in [0.3, 0.4) is 0 Å². The molecule has 0 spiro atoms. The van der Waals surface area contributed by atoms with Gasteiger partial charge in [-0.25, -0.2) is 13.6 Å². The molecule has 0 aromatic heterocycles. The normalized spacial score (nSPS) is 12.7. The molecule has 1 atom stereocenters. The van der Waals surface area contributed by atoms with Crippen LogP contribution >= 0.6 is 11.6 Å². The van der Waals surface area contributed by atoms with Gasteiger partial charge in [-0.05, 0) is 48.9 Å². The Morgan fingerprint density at radius 2 is 1.82 bits per heavy atom. The molecule has 5 nitrogen and oxygen atoms in total. The number of rotatable bonds is 4. The van der Waals surface area contributed by atoms with Crippen molar-refractivity contribution in [1.82, 2.24) is 5.32 Å². The Kier molecular flexibility index (Phi) is 4.85. The molecule has 0 unspecified atom stereocenters. The van der Waals surface area contributed by atoms with Crippen LogP contribution in [0.2, 0.25) is 5.02 Å². The van der Waals surface area contributed by atoms with Crippen LogP contribution in [0.4, 0.5) is 0 Å². The maximum Gasteiger partial charge on any atom is 0.251 e. The number of nitrogens with two attached hydrogens (primary N) is 1. The lowest BCUT2D eigenvalue weighted by Crippen LogP contribution is -2.26. The summed E-state index contributed by atoms with van der Waals surface area (Å²) in [6.45, 7) is 1.84. The lowest BCUT2D eigenvalue weighted by atomic mass is 10.1. The van der Waals surface area contributed by atoms with Gasteiger partial charge in [0.05, 0.1) is 10.9 Å². The number of amides is 1. The van der Waals surface area contributed by atoms with Crippen molar-refractivity contribution in [3.8, 4) is 0 Å². The van der Waals surface area contributed by atoms with E-state index >= 15 is 0 Å². The van der Waals surface area contributed by atoms with Crippen molar-refractivity contribution in [2.75, 3.05) is 0 Å². The third-order valence-electron chi connectivity index (χ3n) is 3.14. The number of sulfonamides is 1. The Morgan fingerprint density at radius 1 is 1.18 bits per heavy atom. The standard InChI is InChI=1S/C15H15ClN2O3S/c1-10(12-3-2-4-13(16)9-12)18-15(19)11-5-7-14(8-6-11)22(17,20)21/h2-10H,1H3,(H,18,19)(H2,17,20,21)/t10-/m1/s1. The van der Waals surface area contributed by atoms with Gasteiger partial charge in [0.25, 0.3) is 5.91 Å². The molecule has 0 fully saturated rings. The summed E-state index contributed by atoms with van der Waals surface area (Å²) in [5, 5.41) is 8.43. The van der Waals surface area contributed by atoms with Crippen LogP contribution in [0.15, 0.2) is 53.4 Å². The summed E-state index contributed by atoms with van der Waals surface area (Å²) in [4.78, 5) is 12.1. The van der Waals surface area contributed by atoms with Gasteiger partial charge in [-0.15, -0.1) is 0 Å². The van der Waals surface area contributed by atoms with Gasteiger partial charge < -0.3 is 5.32 Å². The Hall–Kier alpha value is -1.89. The molecular formula is C15H15ClN2O3S. The Labute approximate surface area is 134 Å². The van der Waals surface area contributed by atoms with E-state index in [1.807, 2.05) is 13.0 Å².